The minimum absolute atomic E-state index is 0.134. The standard InChI is InChI=1S/C17H25FN2O3/c1-11(14-4-5-15(18)16(10-14)23-3)19-17(22)20-8-6-13(7-9-20)12(2)21/h4-5,10-13,21H,6-9H2,1-3H3,(H,19,22). The van der Waals surface area contributed by atoms with Gasteiger partial charge in [0, 0.05) is 13.1 Å². The number of rotatable bonds is 4. The molecule has 0 saturated carbocycles. The minimum Gasteiger partial charge on any atom is -0.494 e. The monoisotopic (exact) mass is 324 g/mol. The molecule has 1 fully saturated rings. The van der Waals surface area contributed by atoms with Crippen LogP contribution in [-0.2, 0) is 0 Å². The molecular formula is C17H25FN2O3. The highest BCUT2D eigenvalue weighted by atomic mass is 19.1. The molecule has 5 nitrogen and oxygen atoms in total. The molecule has 1 aliphatic heterocycles. The molecule has 2 atom stereocenters. The molecule has 0 radical (unpaired) electrons. The first kappa shape index (κ1) is 17.5. The van der Waals surface area contributed by atoms with Crippen molar-refractivity contribution < 1.29 is 19.0 Å². The average molecular weight is 324 g/mol. The predicted molar refractivity (Wildman–Crippen MR) is 85.9 cm³/mol. The van der Waals surface area contributed by atoms with Gasteiger partial charge >= 0.3 is 6.03 Å². The summed E-state index contributed by atoms with van der Waals surface area (Å²) >= 11 is 0. The molecule has 0 aromatic heterocycles. The Hall–Kier alpha value is -1.82. The maximum Gasteiger partial charge on any atom is 0.317 e. The van der Waals surface area contributed by atoms with Gasteiger partial charge in [0.2, 0.25) is 0 Å². The molecule has 1 aromatic rings. The molecule has 1 heterocycles. The van der Waals surface area contributed by atoms with E-state index in [0.29, 0.717) is 13.1 Å². The Balaban J connectivity index is 1.92. The van der Waals surface area contributed by atoms with E-state index in [1.54, 1.807) is 24.0 Å². The molecule has 23 heavy (non-hydrogen) atoms. The number of ether oxygens (including phenoxy) is 1. The topological polar surface area (TPSA) is 61.8 Å². The van der Waals surface area contributed by atoms with Crippen molar-refractivity contribution in [2.45, 2.75) is 38.8 Å². The molecule has 6 heteroatoms. The number of methoxy groups -OCH3 is 1. The van der Waals surface area contributed by atoms with Gasteiger partial charge in [0.1, 0.15) is 0 Å². The highest BCUT2D eigenvalue weighted by molar-refractivity contribution is 5.74. The zero-order valence-corrected chi connectivity index (χ0v) is 13.9. The quantitative estimate of drug-likeness (QED) is 0.895. The molecule has 1 aromatic carbocycles. The summed E-state index contributed by atoms with van der Waals surface area (Å²) < 4.78 is 18.4. The molecule has 2 N–H and O–H groups in total. The maximum absolute atomic E-state index is 13.4. The van der Waals surface area contributed by atoms with Crippen molar-refractivity contribution in [1.29, 1.82) is 0 Å². The van der Waals surface area contributed by atoms with E-state index in [9.17, 15) is 14.3 Å². The third kappa shape index (κ3) is 4.34. The van der Waals surface area contributed by atoms with Crippen LogP contribution in [-0.4, -0.2) is 42.3 Å². The number of benzene rings is 1. The van der Waals surface area contributed by atoms with Gasteiger partial charge < -0.3 is 20.1 Å². The van der Waals surface area contributed by atoms with E-state index in [0.717, 1.165) is 18.4 Å². The number of likely N-dealkylation sites (tertiary alicyclic amines) is 1. The van der Waals surface area contributed by atoms with Crippen LogP contribution in [0.2, 0.25) is 0 Å². The fraction of sp³-hybridized carbons (Fsp3) is 0.588. The Bertz CT molecular complexity index is 543. The van der Waals surface area contributed by atoms with Gasteiger partial charge in [-0.15, -0.1) is 0 Å². The summed E-state index contributed by atoms with van der Waals surface area (Å²) in [5.74, 6) is 0.00847. The van der Waals surface area contributed by atoms with Gasteiger partial charge in [-0.1, -0.05) is 6.07 Å². The predicted octanol–water partition coefficient (Wildman–Crippen LogP) is 2.70. The Kier molecular flexibility index (Phi) is 5.82. The van der Waals surface area contributed by atoms with Crippen molar-refractivity contribution in [3.05, 3.63) is 29.6 Å². The number of urea groups is 1. The molecule has 128 valence electrons. The average Bonchev–Trinajstić information content (AvgIpc) is 2.55. The number of piperidine rings is 1. The summed E-state index contributed by atoms with van der Waals surface area (Å²) in [4.78, 5) is 14.1. The van der Waals surface area contributed by atoms with Crippen LogP contribution in [0.15, 0.2) is 18.2 Å². The summed E-state index contributed by atoms with van der Waals surface area (Å²) in [5, 5.41) is 12.5. The van der Waals surface area contributed by atoms with Gasteiger partial charge in [0.25, 0.3) is 0 Å². The molecule has 0 bridgehead atoms. The molecular weight excluding hydrogens is 299 g/mol. The molecule has 1 aliphatic rings. The lowest BCUT2D eigenvalue weighted by Gasteiger charge is -2.34. The van der Waals surface area contributed by atoms with Crippen LogP contribution in [0.25, 0.3) is 0 Å². The second-order valence-electron chi connectivity index (χ2n) is 6.13. The first-order chi connectivity index (χ1) is 10.9. The van der Waals surface area contributed by atoms with Gasteiger partial charge in [0.15, 0.2) is 11.6 Å². The van der Waals surface area contributed by atoms with Crippen molar-refractivity contribution in [2.24, 2.45) is 5.92 Å². The SMILES string of the molecule is COc1cc(C(C)NC(=O)N2CCC(C(C)O)CC2)ccc1F. The van der Waals surface area contributed by atoms with Gasteiger partial charge in [-0.2, -0.15) is 0 Å². The van der Waals surface area contributed by atoms with Crippen molar-refractivity contribution in [3.63, 3.8) is 0 Å². The van der Waals surface area contributed by atoms with Crippen LogP contribution in [0.1, 0.15) is 38.3 Å². The van der Waals surface area contributed by atoms with Crippen molar-refractivity contribution >= 4 is 6.03 Å². The Morgan fingerprint density at radius 2 is 2.04 bits per heavy atom. The number of aliphatic hydroxyl groups excluding tert-OH is 1. The number of nitrogens with zero attached hydrogens (tertiary/aromatic N) is 1. The number of hydrogen-bond acceptors (Lipinski definition) is 3. The summed E-state index contributed by atoms with van der Waals surface area (Å²) in [7, 11) is 1.41. The van der Waals surface area contributed by atoms with E-state index in [-0.39, 0.29) is 29.8 Å². The van der Waals surface area contributed by atoms with Crippen molar-refractivity contribution in [1.82, 2.24) is 10.2 Å². The Labute approximate surface area is 136 Å². The van der Waals surface area contributed by atoms with Crippen LogP contribution >= 0.6 is 0 Å². The summed E-state index contributed by atoms with van der Waals surface area (Å²) in [6.07, 6.45) is 1.29. The molecule has 2 unspecified atom stereocenters. The van der Waals surface area contributed by atoms with Gasteiger partial charge in [-0.3, -0.25) is 0 Å². The molecule has 0 aliphatic carbocycles. The van der Waals surface area contributed by atoms with Crippen LogP contribution in [0.4, 0.5) is 9.18 Å². The second kappa shape index (κ2) is 7.64. The first-order valence-corrected chi connectivity index (χ1v) is 7.99. The minimum atomic E-state index is -0.421. The third-order valence-corrected chi connectivity index (χ3v) is 4.52. The smallest absolute Gasteiger partial charge is 0.317 e. The molecule has 2 amide bonds. The zero-order valence-electron chi connectivity index (χ0n) is 13.9. The number of nitrogens with one attached hydrogen (secondary N) is 1. The number of carbonyl (C=O) groups excluding carboxylic acids is 1. The number of halogens is 1. The number of carbonyl (C=O) groups is 1. The second-order valence-corrected chi connectivity index (χ2v) is 6.13. The maximum atomic E-state index is 13.4. The number of aliphatic hydroxyl groups is 1. The fourth-order valence-corrected chi connectivity index (χ4v) is 2.89. The molecule has 1 saturated heterocycles. The number of hydrogen-bond donors (Lipinski definition) is 2. The van der Waals surface area contributed by atoms with E-state index >= 15 is 0 Å². The fourth-order valence-electron chi connectivity index (χ4n) is 2.89. The zero-order chi connectivity index (χ0) is 17.0. The van der Waals surface area contributed by atoms with Crippen LogP contribution in [0.5, 0.6) is 5.75 Å². The third-order valence-electron chi connectivity index (χ3n) is 4.52. The first-order valence-electron chi connectivity index (χ1n) is 7.99. The summed E-state index contributed by atoms with van der Waals surface area (Å²) in [6.45, 7) is 4.93. The summed E-state index contributed by atoms with van der Waals surface area (Å²) in [5.41, 5.74) is 0.787. The largest absolute Gasteiger partial charge is 0.494 e. The van der Waals surface area contributed by atoms with Crippen LogP contribution in [0.3, 0.4) is 0 Å². The van der Waals surface area contributed by atoms with Crippen LogP contribution < -0.4 is 10.1 Å². The van der Waals surface area contributed by atoms with Crippen molar-refractivity contribution in [3.8, 4) is 5.75 Å². The van der Waals surface area contributed by atoms with E-state index in [4.69, 9.17) is 4.74 Å². The Morgan fingerprint density at radius 3 is 2.61 bits per heavy atom. The lowest BCUT2D eigenvalue weighted by Crippen LogP contribution is -2.46. The molecule has 2 rings (SSSR count). The van der Waals surface area contributed by atoms with E-state index in [1.807, 2.05) is 6.92 Å². The highest BCUT2D eigenvalue weighted by Gasteiger charge is 2.26. The van der Waals surface area contributed by atoms with Gasteiger partial charge in [-0.05, 0) is 50.3 Å². The normalized spacial score (nSPS) is 18.4. The van der Waals surface area contributed by atoms with E-state index in [2.05, 4.69) is 5.32 Å². The summed E-state index contributed by atoms with van der Waals surface area (Å²) in [6, 6.07) is 4.20. The highest BCUT2D eigenvalue weighted by Crippen LogP contribution is 2.24. The van der Waals surface area contributed by atoms with Crippen molar-refractivity contribution in [2.75, 3.05) is 20.2 Å². The number of amides is 2. The van der Waals surface area contributed by atoms with E-state index < -0.39 is 5.82 Å². The molecule has 0 spiro atoms. The van der Waals surface area contributed by atoms with Crippen LogP contribution in [0, 0.1) is 11.7 Å². The Morgan fingerprint density at radius 1 is 1.39 bits per heavy atom. The lowest BCUT2D eigenvalue weighted by molar-refractivity contribution is 0.0794. The van der Waals surface area contributed by atoms with Gasteiger partial charge in [-0.25, -0.2) is 9.18 Å². The van der Waals surface area contributed by atoms with E-state index in [1.165, 1.54) is 13.2 Å². The van der Waals surface area contributed by atoms with Gasteiger partial charge in [0.05, 0.1) is 19.3 Å². The lowest BCUT2D eigenvalue weighted by atomic mass is 9.92.